The van der Waals surface area contributed by atoms with E-state index in [1.807, 2.05) is 12.1 Å². The molecular formula is C14H12N6O. The van der Waals surface area contributed by atoms with Crippen LogP contribution in [-0.4, -0.2) is 30.6 Å². The minimum absolute atomic E-state index is 0.212. The standard InChI is InChI=1S/C14H12N6O/c21-14(12-3-1-2-6-16-12)18-8-11-4-5-13(17-7-11)20-10-15-9-19-20/h1-7,9-10H,8H2,(H,18,21). The fourth-order valence-corrected chi connectivity index (χ4v) is 1.75. The molecular weight excluding hydrogens is 268 g/mol. The zero-order valence-electron chi connectivity index (χ0n) is 11.0. The number of pyridine rings is 2. The molecule has 1 amide bonds. The molecule has 0 aliphatic rings. The largest absolute Gasteiger partial charge is 0.347 e. The number of amides is 1. The Morgan fingerprint density at radius 2 is 2.14 bits per heavy atom. The Labute approximate surface area is 120 Å². The van der Waals surface area contributed by atoms with Crippen LogP contribution in [0, 0.1) is 0 Å². The summed E-state index contributed by atoms with van der Waals surface area (Å²) < 4.78 is 1.57. The van der Waals surface area contributed by atoms with E-state index in [4.69, 9.17) is 0 Å². The van der Waals surface area contributed by atoms with Gasteiger partial charge in [0.25, 0.3) is 5.91 Å². The van der Waals surface area contributed by atoms with Crippen molar-refractivity contribution in [2.45, 2.75) is 6.54 Å². The van der Waals surface area contributed by atoms with E-state index in [1.54, 1.807) is 41.6 Å². The summed E-state index contributed by atoms with van der Waals surface area (Å²) in [4.78, 5) is 24.0. The van der Waals surface area contributed by atoms with Gasteiger partial charge in [-0.15, -0.1) is 0 Å². The Morgan fingerprint density at radius 3 is 2.81 bits per heavy atom. The number of nitrogens with zero attached hydrogens (tertiary/aromatic N) is 5. The Hall–Kier alpha value is -3.09. The number of carbonyl (C=O) groups is 1. The molecule has 1 N–H and O–H groups in total. The SMILES string of the molecule is O=C(NCc1ccc(-n2cncn2)nc1)c1ccccn1. The molecule has 0 saturated carbocycles. The Balaban J connectivity index is 1.62. The molecule has 0 fully saturated rings. The van der Waals surface area contributed by atoms with Gasteiger partial charge in [0, 0.05) is 18.9 Å². The molecule has 0 aromatic carbocycles. The molecule has 0 aliphatic carbocycles. The molecule has 0 aliphatic heterocycles. The summed E-state index contributed by atoms with van der Waals surface area (Å²) in [5.74, 6) is 0.461. The quantitative estimate of drug-likeness (QED) is 0.770. The van der Waals surface area contributed by atoms with Crippen LogP contribution in [0.2, 0.25) is 0 Å². The number of hydrogen-bond donors (Lipinski definition) is 1. The van der Waals surface area contributed by atoms with Gasteiger partial charge in [0.1, 0.15) is 18.3 Å². The van der Waals surface area contributed by atoms with Crippen molar-refractivity contribution in [1.82, 2.24) is 30.0 Å². The van der Waals surface area contributed by atoms with Gasteiger partial charge in [0.05, 0.1) is 0 Å². The molecule has 3 heterocycles. The van der Waals surface area contributed by atoms with Crippen molar-refractivity contribution in [2.75, 3.05) is 0 Å². The van der Waals surface area contributed by atoms with Crippen LogP contribution >= 0.6 is 0 Å². The number of carbonyl (C=O) groups excluding carboxylic acids is 1. The van der Waals surface area contributed by atoms with Crippen LogP contribution in [-0.2, 0) is 6.54 Å². The van der Waals surface area contributed by atoms with Crippen molar-refractivity contribution in [1.29, 1.82) is 0 Å². The molecule has 21 heavy (non-hydrogen) atoms. The van der Waals surface area contributed by atoms with Crippen molar-refractivity contribution in [3.8, 4) is 5.82 Å². The lowest BCUT2D eigenvalue weighted by molar-refractivity contribution is 0.0946. The van der Waals surface area contributed by atoms with Crippen molar-refractivity contribution in [2.24, 2.45) is 0 Å². The topological polar surface area (TPSA) is 85.6 Å². The van der Waals surface area contributed by atoms with Gasteiger partial charge in [-0.1, -0.05) is 12.1 Å². The van der Waals surface area contributed by atoms with Crippen molar-refractivity contribution in [3.63, 3.8) is 0 Å². The van der Waals surface area contributed by atoms with Crippen LogP contribution in [0.15, 0.2) is 55.4 Å². The summed E-state index contributed by atoms with van der Waals surface area (Å²) in [5, 5.41) is 6.79. The second kappa shape index (κ2) is 5.91. The summed E-state index contributed by atoms with van der Waals surface area (Å²) in [7, 11) is 0. The molecule has 0 atom stereocenters. The number of rotatable bonds is 4. The van der Waals surface area contributed by atoms with Crippen molar-refractivity contribution < 1.29 is 4.79 Å². The maximum Gasteiger partial charge on any atom is 0.270 e. The molecule has 3 rings (SSSR count). The average molecular weight is 280 g/mol. The number of nitrogens with one attached hydrogen (secondary N) is 1. The molecule has 3 aromatic rings. The number of hydrogen-bond acceptors (Lipinski definition) is 5. The van der Waals surface area contributed by atoms with Gasteiger partial charge >= 0.3 is 0 Å². The Morgan fingerprint density at radius 1 is 1.19 bits per heavy atom. The van der Waals surface area contributed by atoms with Gasteiger partial charge in [0.2, 0.25) is 0 Å². The van der Waals surface area contributed by atoms with E-state index in [0.717, 1.165) is 5.56 Å². The van der Waals surface area contributed by atoms with Crippen LogP contribution in [0.3, 0.4) is 0 Å². The van der Waals surface area contributed by atoms with Crippen LogP contribution in [0.5, 0.6) is 0 Å². The summed E-state index contributed by atoms with van der Waals surface area (Å²) in [5.41, 5.74) is 1.29. The smallest absolute Gasteiger partial charge is 0.270 e. The minimum Gasteiger partial charge on any atom is -0.347 e. The zero-order chi connectivity index (χ0) is 14.5. The summed E-state index contributed by atoms with van der Waals surface area (Å²) in [6, 6.07) is 8.90. The first-order valence-corrected chi connectivity index (χ1v) is 6.32. The second-order valence-electron chi connectivity index (χ2n) is 4.26. The zero-order valence-corrected chi connectivity index (χ0v) is 11.0. The first-order valence-electron chi connectivity index (χ1n) is 6.32. The van der Waals surface area contributed by atoms with Crippen LogP contribution in [0.25, 0.3) is 5.82 Å². The van der Waals surface area contributed by atoms with Crippen LogP contribution < -0.4 is 5.32 Å². The highest BCUT2D eigenvalue weighted by molar-refractivity contribution is 5.92. The average Bonchev–Trinajstić information content (AvgIpc) is 3.08. The van der Waals surface area contributed by atoms with E-state index in [-0.39, 0.29) is 5.91 Å². The third kappa shape index (κ3) is 3.08. The molecule has 0 saturated heterocycles. The minimum atomic E-state index is -0.212. The van der Waals surface area contributed by atoms with Crippen LogP contribution in [0.4, 0.5) is 0 Å². The first-order chi connectivity index (χ1) is 10.3. The summed E-state index contributed by atoms with van der Waals surface area (Å²) >= 11 is 0. The van der Waals surface area contributed by atoms with E-state index in [1.165, 1.54) is 6.33 Å². The van der Waals surface area contributed by atoms with Crippen LogP contribution in [0.1, 0.15) is 16.1 Å². The van der Waals surface area contributed by atoms with Gasteiger partial charge in [-0.25, -0.2) is 14.6 Å². The predicted molar refractivity (Wildman–Crippen MR) is 74.6 cm³/mol. The van der Waals surface area contributed by atoms with Gasteiger partial charge in [0.15, 0.2) is 5.82 Å². The Kier molecular flexibility index (Phi) is 3.64. The third-order valence-electron chi connectivity index (χ3n) is 2.81. The molecule has 0 bridgehead atoms. The summed E-state index contributed by atoms with van der Waals surface area (Å²) in [6.07, 6.45) is 6.30. The van der Waals surface area contributed by atoms with Gasteiger partial charge in [-0.2, -0.15) is 5.10 Å². The van der Waals surface area contributed by atoms with Crippen molar-refractivity contribution >= 4 is 5.91 Å². The van der Waals surface area contributed by atoms with Gasteiger partial charge in [-0.3, -0.25) is 9.78 Å². The van der Waals surface area contributed by atoms with Crippen molar-refractivity contribution in [3.05, 3.63) is 66.6 Å². The highest BCUT2D eigenvalue weighted by Crippen LogP contribution is 2.04. The van der Waals surface area contributed by atoms with E-state index in [0.29, 0.717) is 18.1 Å². The predicted octanol–water partition coefficient (Wildman–Crippen LogP) is 0.987. The summed E-state index contributed by atoms with van der Waals surface area (Å²) in [6.45, 7) is 0.389. The highest BCUT2D eigenvalue weighted by Gasteiger charge is 2.06. The molecule has 0 radical (unpaired) electrons. The highest BCUT2D eigenvalue weighted by atomic mass is 16.1. The number of aromatic nitrogens is 5. The van der Waals surface area contributed by atoms with E-state index >= 15 is 0 Å². The maximum absolute atomic E-state index is 11.9. The van der Waals surface area contributed by atoms with Gasteiger partial charge in [-0.05, 0) is 23.8 Å². The van der Waals surface area contributed by atoms with E-state index < -0.39 is 0 Å². The fraction of sp³-hybridized carbons (Fsp3) is 0.0714. The molecule has 0 spiro atoms. The monoisotopic (exact) mass is 280 g/mol. The second-order valence-corrected chi connectivity index (χ2v) is 4.26. The Bertz CT molecular complexity index is 709. The van der Waals surface area contributed by atoms with Gasteiger partial charge < -0.3 is 5.32 Å². The molecule has 7 nitrogen and oxygen atoms in total. The lowest BCUT2D eigenvalue weighted by Crippen LogP contribution is -2.23. The van der Waals surface area contributed by atoms with E-state index in [2.05, 4.69) is 25.4 Å². The normalized spacial score (nSPS) is 10.3. The lowest BCUT2D eigenvalue weighted by Gasteiger charge is -2.05. The fourth-order valence-electron chi connectivity index (χ4n) is 1.75. The maximum atomic E-state index is 11.9. The lowest BCUT2D eigenvalue weighted by atomic mass is 10.2. The molecule has 7 heteroatoms. The molecule has 104 valence electrons. The van der Waals surface area contributed by atoms with E-state index in [9.17, 15) is 4.79 Å². The molecule has 3 aromatic heterocycles. The third-order valence-corrected chi connectivity index (χ3v) is 2.81. The first kappa shape index (κ1) is 12.9. The molecule has 0 unspecified atom stereocenters.